The van der Waals surface area contributed by atoms with Crippen LogP contribution in [0.1, 0.15) is 67.2 Å². The molecular formula is C19H33P. The zero-order valence-electron chi connectivity index (χ0n) is 14.3. The van der Waals surface area contributed by atoms with E-state index in [1.165, 1.54) is 25.7 Å². The Morgan fingerprint density at radius 2 is 1.40 bits per heavy atom. The molecule has 0 unspecified atom stereocenters. The van der Waals surface area contributed by atoms with E-state index in [9.17, 15) is 0 Å². The van der Waals surface area contributed by atoms with Gasteiger partial charge in [-0.25, -0.2) is 0 Å². The van der Waals surface area contributed by atoms with Gasteiger partial charge in [-0.05, 0) is 29.5 Å². The van der Waals surface area contributed by atoms with E-state index in [0.29, 0.717) is 5.92 Å². The Morgan fingerprint density at radius 3 is 1.80 bits per heavy atom. The predicted octanol–water partition coefficient (Wildman–Crippen LogP) is 6.88. The van der Waals surface area contributed by atoms with Gasteiger partial charge in [0.05, 0.1) is 0 Å². The molecule has 0 nitrogen and oxygen atoms in total. The molecule has 0 saturated carbocycles. The van der Waals surface area contributed by atoms with Crippen LogP contribution in [0, 0.1) is 5.92 Å². The molecule has 0 heterocycles. The Labute approximate surface area is 128 Å². The van der Waals surface area contributed by atoms with Gasteiger partial charge in [0.15, 0.2) is 0 Å². The van der Waals surface area contributed by atoms with Crippen molar-refractivity contribution in [2.45, 2.75) is 78.5 Å². The maximum absolute atomic E-state index is 2.42. The number of hydrogen-bond donors (Lipinski definition) is 0. The fourth-order valence-corrected chi connectivity index (χ4v) is 6.86. The highest BCUT2D eigenvalue weighted by molar-refractivity contribution is 7.63. The normalized spacial score (nSPS) is 16.9. The molecule has 0 aromatic heterocycles. The molecule has 1 aliphatic rings. The summed E-state index contributed by atoms with van der Waals surface area (Å²) in [6.07, 6.45) is 14.3. The maximum atomic E-state index is 2.42. The quantitative estimate of drug-likeness (QED) is 0.428. The third kappa shape index (κ3) is 4.59. The molecule has 0 atom stereocenters. The molecule has 0 aromatic carbocycles. The van der Waals surface area contributed by atoms with Gasteiger partial charge in [0.2, 0.25) is 0 Å². The number of hydrogen-bond acceptors (Lipinski definition) is 0. The van der Waals surface area contributed by atoms with Gasteiger partial charge in [-0.2, -0.15) is 0 Å². The molecule has 0 aliphatic heterocycles. The van der Waals surface area contributed by atoms with Gasteiger partial charge in [0, 0.05) is 5.92 Å². The van der Waals surface area contributed by atoms with Gasteiger partial charge >= 0.3 is 0 Å². The molecule has 0 amide bonds. The Bertz CT molecular complexity index is 351. The standard InChI is InChI=1S/C19H33P/c1-7-11-18(17-13-9-10-14-17)19(12-8-2)20(15(3)4)16(5)6/h9-10,13-17H,7-8,11-12H2,1-6H3. The first-order chi connectivity index (χ1) is 9.52. The molecule has 0 bridgehead atoms. The van der Waals surface area contributed by atoms with Gasteiger partial charge in [0.25, 0.3) is 0 Å². The van der Waals surface area contributed by atoms with E-state index in [2.05, 4.69) is 65.8 Å². The Hall–Kier alpha value is -0.350. The van der Waals surface area contributed by atoms with Crippen molar-refractivity contribution in [1.29, 1.82) is 0 Å². The summed E-state index contributed by atoms with van der Waals surface area (Å²) in [5.74, 6) is 0.582. The highest BCUT2D eigenvalue weighted by Gasteiger charge is 2.25. The third-order valence-corrected chi connectivity index (χ3v) is 7.31. The molecule has 0 aromatic rings. The second kappa shape index (κ2) is 8.83. The van der Waals surface area contributed by atoms with Gasteiger partial charge < -0.3 is 0 Å². The molecule has 1 heteroatoms. The van der Waals surface area contributed by atoms with Crippen molar-refractivity contribution in [3.05, 3.63) is 35.2 Å². The summed E-state index contributed by atoms with van der Waals surface area (Å²) in [6, 6.07) is 0. The first-order valence-corrected chi connectivity index (χ1v) is 9.86. The molecule has 0 spiro atoms. The molecule has 20 heavy (non-hydrogen) atoms. The van der Waals surface area contributed by atoms with Crippen LogP contribution in [0.2, 0.25) is 0 Å². The van der Waals surface area contributed by atoms with Crippen molar-refractivity contribution in [3.63, 3.8) is 0 Å². The number of rotatable bonds is 8. The summed E-state index contributed by atoms with van der Waals surface area (Å²) >= 11 is 0. The van der Waals surface area contributed by atoms with Crippen LogP contribution in [0.3, 0.4) is 0 Å². The van der Waals surface area contributed by atoms with E-state index < -0.39 is 0 Å². The smallest absolute Gasteiger partial charge is 0.0169 e. The average Bonchev–Trinajstić information content (AvgIpc) is 2.88. The number of allylic oxidation sites excluding steroid dienone is 6. The Morgan fingerprint density at radius 1 is 0.900 bits per heavy atom. The largest absolute Gasteiger partial charge is 0.0745 e. The van der Waals surface area contributed by atoms with Gasteiger partial charge in [-0.3, -0.25) is 0 Å². The lowest BCUT2D eigenvalue weighted by Crippen LogP contribution is -2.10. The predicted molar refractivity (Wildman–Crippen MR) is 95.8 cm³/mol. The van der Waals surface area contributed by atoms with Crippen molar-refractivity contribution in [3.8, 4) is 0 Å². The van der Waals surface area contributed by atoms with E-state index in [0.717, 1.165) is 11.3 Å². The van der Waals surface area contributed by atoms with E-state index in [1.807, 2.05) is 5.31 Å². The topological polar surface area (TPSA) is 0 Å². The lowest BCUT2D eigenvalue weighted by molar-refractivity contribution is 0.785. The lowest BCUT2D eigenvalue weighted by Gasteiger charge is -2.32. The van der Waals surface area contributed by atoms with E-state index in [1.54, 1.807) is 5.57 Å². The molecular weight excluding hydrogens is 259 g/mol. The molecule has 0 saturated heterocycles. The van der Waals surface area contributed by atoms with E-state index in [-0.39, 0.29) is 7.92 Å². The highest BCUT2D eigenvalue weighted by atomic mass is 31.1. The van der Waals surface area contributed by atoms with Crippen molar-refractivity contribution < 1.29 is 0 Å². The molecule has 1 rings (SSSR count). The van der Waals surface area contributed by atoms with Crippen molar-refractivity contribution >= 4 is 7.92 Å². The van der Waals surface area contributed by atoms with Crippen molar-refractivity contribution in [1.82, 2.24) is 0 Å². The molecule has 0 fully saturated rings. The van der Waals surface area contributed by atoms with Crippen LogP contribution in [-0.4, -0.2) is 11.3 Å². The summed E-state index contributed by atoms with van der Waals surface area (Å²) in [7, 11) is -0.00315. The van der Waals surface area contributed by atoms with Crippen molar-refractivity contribution in [2.75, 3.05) is 0 Å². The Balaban J connectivity index is 3.23. The summed E-state index contributed by atoms with van der Waals surface area (Å²) < 4.78 is 0. The molecule has 0 N–H and O–H groups in total. The monoisotopic (exact) mass is 292 g/mol. The summed E-state index contributed by atoms with van der Waals surface area (Å²) in [5, 5.41) is 1.83. The third-order valence-electron chi connectivity index (χ3n) is 3.95. The molecule has 0 radical (unpaired) electrons. The minimum Gasteiger partial charge on any atom is -0.0745 e. The molecule has 114 valence electrons. The van der Waals surface area contributed by atoms with E-state index >= 15 is 0 Å². The van der Waals surface area contributed by atoms with Crippen LogP contribution < -0.4 is 0 Å². The minimum absolute atomic E-state index is 0.00315. The Kier molecular flexibility index (Phi) is 7.82. The van der Waals surface area contributed by atoms with Crippen molar-refractivity contribution in [2.24, 2.45) is 5.92 Å². The van der Waals surface area contributed by atoms with E-state index in [4.69, 9.17) is 0 Å². The van der Waals surface area contributed by atoms with Gasteiger partial charge in [-0.1, -0.05) is 92.2 Å². The van der Waals surface area contributed by atoms with Gasteiger partial charge in [-0.15, -0.1) is 0 Å². The minimum atomic E-state index is -0.00315. The second-order valence-electron chi connectivity index (χ2n) is 6.36. The zero-order chi connectivity index (χ0) is 15.1. The lowest BCUT2D eigenvalue weighted by atomic mass is 9.95. The summed E-state index contributed by atoms with van der Waals surface area (Å²) in [5.41, 5.74) is 3.34. The van der Waals surface area contributed by atoms with Crippen LogP contribution in [0.4, 0.5) is 0 Å². The highest BCUT2D eigenvalue weighted by Crippen LogP contribution is 2.57. The van der Waals surface area contributed by atoms with Crippen LogP contribution in [0.25, 0.3) is 0 Å². The van der Waals surface area contributed by atoms with Crippen LogP contribution in [-0.2, 0) is 0 Å². The maximum Gasteiger partial charge on any atom is 0.0169 e. The first kappa shape index (κ1) is 17.7. The molecule has 1 aliphatic carbocycles. The van der Waals surface area contributed by atoms with Crippen LogP contribution in [0.5, 0.6) is 0 Å². The summed E-state index contributed by atoms with van der Waals surface area (Å²) in [4.78, 5) is 0. The second-order valence-corrected chi connectivity index (χ2v) is 9.78. The fraction of sp³-hybridized carbons (Fsp3) is 0.684. The van der Waals surface area contributed by atoms with Crippen LogP contribution >= 0.6 is 7.92 Å². The first-order valence-electron chi connectivity index (χ1n) is 8.38. The summed E-state index contributed by atoms with van der Waals surface area (Å²) in [6.45, 7) is 14.3. The zero-order valence-corrected chi connectivity index (χ0v) is 15.2. The SMILES string of the molecule is CCCC(=C(CCC)P(C(C)C)C(C)C)C1C=CC=C1. The average molecular weight is 292 g/mol. The fourth-order valence-electron chi connectivity index (χ4n) is 3.35. The van der Waals surface area contributed by atoms with Gasteiger partial charge in [0.1, 0.15) is 0 Å². The van der Waals surface area contributed by atoms with Crippen LogP contribution in [0.15, 0.2) is 35.2 Å².